The topological polar surface area (TPSA) is 124 Å². The van der Waals surface area contributed by atoms with Crippen molar-refractivity contribution in [3.8, 4) is 17.2 Å². The molecular weight excluding hydrogens is 586 g/mol. The molecule has 1 aliphatic heterocycles. The first-order valence-electron chi connectivity index (χ1n) is 14.8. The van der Waals surface area contributed by atoms with Gasteiger partial charge in [-0.25, -0.2) is 4.68 Å². The second kappa shape index (κ2) is 12.4. The molecule has 6 rings (SSSR count). The van der Waals surface area contributed by atoms with Crippen LogP contribution in [0, 0.1) is 0 Å². The van der Waals surface area contributed by atoms with Gasteiger partial charge in [-0.15, -0.1) is 0 Å². The van der Waals surface area contributed by atoms with E-state index < -0.39 is 30.1 Å². The summed E-state index contributed by atoms with van der Waals surface area (Å²) in [5.74, 6) is -4.19. The van der Waals surface area contributed by atoms with E-state index in [1.165, 1.54) is 0 Å². The van der Waals surface area contributed by atoms with Crippen molar-refractivity contribution in [2.45, 2.75) is 69.9 Å². The maximum atomic E-state index is 13.8. The molecular formula is C33H34F2N4O6. The van der Waals surface area contributed by atoms with Crippen molar-refractivity contribution >= 4 is 22.7 Å². The van der Waals surface area contributed by atoms with Crippen LogP contribution in [0.1, 0.15) is 60.7 Å². The summed E-state index contributed by atoms with van der Waals surface area (Å²) in [5.41, 5.74) is 3.33. The van der Waals surface area contributed by atoms with Crippen LogP contribution in [0.25, 0.3) is 16.6 Å². The molecule has 4 aromatic rings. The highest BCUT2D eigenvalue weighted by Gasteiger charge is 2.35. The fourth-order valence-electron chi connectivity index (χ4n) is 5.70. The minimum Gasteiger partial charge on any atom is -0.484 e. The van der Waals surface area contributed by atoms with Crippen LogP contribution in [0.3, 0.4) is 0 Å². The first-order valence-corrected chi connectivity index (χ1v) is 14.8. The summed E-state index contributed by atoms with van der Waals surface area (Å²) in [6.45, 7) is 2.62. The second-order valence-corrected chi connectivity index (χ2v) is 11.6. The van der Waals surface area contributed by atoms with Gasteiger partial charge in [0.25, 0.3) is 11.8 Å². The summed E-state index contributed by atoms with van der Waals surface area (Å²) in [5, 5.41) is 20.7. The standard InChI is InChI=1S/C33H34F2N4O6/c1-19(37-32(42)33(2,34)35)30(20-9-10-22-17-43-18-44-29(22)15-20)45-25-11-12-27-23(14-25)16-36-39(27)24-6-3-5-21(13-24)31(41)38-26-7-4-8-28(26)40/h3,5-6,9-16,19,26,28,30,40H,4,7-8,17-18H2,1-2H3,(H,37,42)(H,38,41)/t19-,26+,28-,30?/m0/s1. The minimum atomic E-state index is -3.56. The Morgan fingerprint density at radius 2 is 1.98 bits per heavy atom. The van der Waals surface area contributed by atoms with Crippen LogP contribution in [-0.4, -0.2) is 57.6 Å². The monoisotopic (exact) mass is 620 g/mol. The van der Waals surface area contributed by atoms with Gasteiger partial charge in [0.1, 0.15) is 17.6 Å². The average molecular weight is 621 g/mol. The molecule has 1 saturated carbocycles. The van der Waals surface area contributed by atoms with Gasteiger partial charge in [-0.1, -0.05) is 18.2 Å². The zero-order valence-corrected chi connectivity index (χ0v) is 24.8. The van der Waals surface area contributed by atoms with E-state index in [1.54, 1.807) is 60.3 Å². The number of hydrogen-bond acceptors (Lipinski definition) is 7. The van der Waals surface area contributed by atoms with Gasteiger partial charge in [0, 0.05) is 23.4 Å². The number of hydrogen-bond donors (Lipinski definition) is 3. The number of benzene rings is 3. The van der Waals surface area contributed by atoms with E-state index >= 15 is 0 Å². The van der Waals surface area contributed by atoms with Crippen molar-refractivity contribution < 1.29 is 37.7 Å². The van der Waals surface area contributed by atoms with Gasteiger partial charge >= 0.3 is 5.92 Å². The number of amides is 2. The zero-order chi connectivity index (χ0) is 31.7. The summed E-state index contributed by atoms with van der Waals surface area (Å²) in [7, 11) is 0. The molecule has 2 amide bonds. The van der Waals surface area contributed by atoms with E-state index in [-0.39, 0.29) is 18.7 Å². The number of fused-ring (bicyclic) bond motifs is 2. The lowest BCUT2D eigenvalue weighted by Crippen LogP contribution is -2.46. The van der Waals surface area contributed by atoms with Crippen molar-refractivity contribution in [3.63, 3.8) is 0 Å². The van der Waals surface area contributed by atoms with Gasteiger partial charge < -0.3 is 30.0 Å². The molecule has 2 aliphatic rings. The lowest BCUT2D eigenvalue weighted by Gasteiger charge is -2.28. The lowest BCUT2D eigenvalue weighted by molar-refractivity contribution is -0.144. The van der Waals surface area contributed by atoms with Crippen LogP contribution in [0.15, 0.2) is 66.9 Å². The number of aliphatic hydroxyl groups is 1. The molecule has 1 fully saturated rings. The van der Waals surface area contributed by atoms with Crippen LogP contribution in [-0.2, 0) is 16.1 Å². The molecule has 10 nitrogen and oxygen atoms in total. The van der Waals surface area contributed by atoms with Crippen molar-refractivity contribution in [1.82, 2.24) is 20.4 Å². The molecule has 45 heavy (non-hydrogen) atoms. The zero-order valence-electron chi connectivity index (χ0n) is 24.8. The van der Waals surface area contributed by atoms with Crippen LogP contribution < -0.4 is 20.1 Å². The third-order valence-electron chi connectivity index (χ3n) is 8.14. The fraction of sp³-hybridized carbons (Fsp3) is 0.364. The summed E-state index contributed by atoms with van der Waals surface area (Å²) < 4.78 is 46.5. The number of halogens is 2. The largest absolute Gasteiger partial charge is 0.484 e. The summed E-state index contributed by atoms with van der Waals surface area (Å²) in [4.78, 5) is 25.1. The average Bonchev–Trinajstić information content (AvgIpc) is 3.64. The van der Waals surface area contributed by atoms with Crippen molar-refractivity contribution in [2.24, 2.45) is 0 Å². The van der Waals surface area contributed by atoms with Crippen LogP contribution in [0.5, 0.6) is 11.5 Å². The van der Waals surface area contributed by atoms with Gasteiger partial charge in [-0.05, 0) is 74.2 Å². The number of carbonyl (C=O) groups is 2. The van der Waals surface area contributed by atoms with Crippen LogP contribution in [0.4, 0.5) is 8.78 Å². The van der Waals surface area contributed by atoms with E-state index in [0.717, 1.165) is 29.3 Å². The number of aliphatic hydroxyl groups excluding tert-OH is 1. The molecule has 3 aromatic carbocycles. The molecule has 236 valence electrons. The molecule has 0 bridgehead atoms. The third kappa shape index (κ3) is 6.62. The maximum absolute atomic E-state index is 13.8. The maximum Gasteiger partial charge on any atom is 0.321 e. The smallest absolute Gasteiger partial charge is 0.321 e. The molecule has 0 saturated heterocycles. The van der Waals surface area contributed by atoms with Gasteiger partial charge in [-0.3, -0.25) is 9.59 Å². The Morgan fingerprint density at radius 3 is 2.76 bits per heavy atom. The highest BCUT2D eigenvalue weighted by molar-refractivity contribution is 5.95. The highest BCUT2D eigenvalue weighted by Crippen LogP contribution is 2.33. The van der Waals surface area contributed by atoms with Gasteiger partial charge in [0.05, 0.1) is 42.2 Å². The lowest BCUT2D eigenvalue weighted by atomic mass is 10.00. The molecule has 3 N–H and O–H groups in total. The third-order valence-corrected chi connectivity index (χ3v) is 8.14. The molecule has 1 aromatic heterocycles. The number of nitrogens with zero attached hydrogens (tertiary/aromatic N) is 2. The highest BCUT2D eigenvalue weighted by atomic mass is 19.3. The molecule has 0 spiro atoms. The molecule has 4 atom stereocenters. The Labute approximate surface area is 258 Å². The van der Waals surface area contributed by atoms with Crippen LogP contribution >= 0.6 is 0 Å². The van der Waals surface area contributed by atoms with E-state index in [9.17, 15) is 23.5 Å². The van der Waals surface area contributed by atoms with Crippen molar-refractivity contribution in [1.29, 1.82) is 0 Å². The van der Waals surface area contributed by atoms with Crippen molar-refractivity contribution in [3.05, 3.63) is 83.6 Å². The number of nitrogens with one attached hydrogen (secondary N) is 2. The first-order chi connectivity index (χ1) is 21.6. The quantitative estimate of drug-likeness (QED) is 0.245. The summed E-state index contributed by atoms with van der Waals surface area (Å²) >= 11 is 0. The fourth-order valence-corrected chi connectivity index (χ4v) is 5.70. The Bertz CT molecular complexity index is 1720. The number of rotatable bonds is 9. The van der Waals surface area contributed by atoms with Gasteiger partial charge in [0.2, 0.25) is 0 Å². The number of alkyl halides is 2. The molecule has 1 aliphatic carbocycles. The van der Waals surface area contributed by atoms with E-state index in [1.807, 2.05) is 18.2 Å². The van der Waals surface area contributed by atoms with E-state index in [0.29, 0.717) is 48.3 Å². The first kappa shape index (κ1) is 30.5. The predicted octanol–water partition coefficient (Wildman–Crippen LogP) is 4.82. The SMILES string of the molecule is C[C@H](NC(=O)C(C)(F)F)C(Oc1ccc2c(cnn2-c2cccc(C(=O)N[C@@H]3CCC[C@@H]3O)c2)c1)c1ccc2c(c1)OCOC2. The van der Waals surface area contributed by atoms with Gasteiger partial charge in [0.15, 0.2) is 6.79 Å². The Balaban J connectivity index is 1.26. The Kier molecular flexibility index (Phi) is 8.43. The second-order valence-electron chi connectivity index (χ2n) is 11.6. The van der Waals surface area contributed by atoms with Crippen LogP contribution in [0.2, 0.25) is 0 Å². The molecule has 1 unspecified atom stereocenters. The van der Waals surface area contributed by atoms with Gasteiger partial charge in [-0.2, -0.15) is 13.9 Å². The molecule has 0 radical (unpaired) electrons. The predicted molar refractivity (Wildman–Crippen MR) is 161 cm³/mol. The summed E-state index contributed by atoms with van der Waals surface area (Å²) in [6, 6.07) is 16.7. The normalized spacial score (nSPS) is 19.3. The molecule has 2 heterocycles. The van der Waals surface area contributed by atoms with E-state index in [2.05, 4.69) is 15.7 Å². The van der Waals surface area contributed by atoms with Crippen molar-refractivity contribution in [2.75, 3.05) is 6.79 Å². The number of ether oxygens (including phenoxy) is 3. The minimum absolute atomic E-state index is 0.0915. The Morgan fingerprint density at radius 1 is 1.13 bits per heavy atom. The number of aromatic nitrogens is 2. The number of carbonyl (C=O) groups excluding carboxylic acids is 2. The molecule has 12 heteroatoms. The summed E-state index contributed by atoms with van der Waals surface area (Å²) in [6.07, 6.45) is 2.58. The van der Waals surface area contributed by atoms with E-state index in [4.69, 9.17) is 14.2 Å². The Hall–Kier alpha value is -4.55.